The Hall–Kier alpha value is -2.64. The topological polar surface area (TPSA) is 122 Å². The van der Waals surface area contributed by atoms with E-state index < -0.39 is 35.8 Å². The number of hydrogen-bond donors (Lipinski definition) is 3. The first-order valence-corrected chi connectivity index (χ1v) is 9.48. The van der Waals surface area contributed by atoms with Crippen LogP contribution in [0.5, 0.6) is 0 Å². The van der Waals surface area contributed by atoms with Crippen molar-refractivity contribution in [3.05, 3.63) is 69.0 Å². The van der Waals surface area contributed by atoms with Crippen LogP contribution in [-0.2, 0) is 4.74 Å². The lowest BCUT2D eigenvalue weighted by Gasteiger charge is -2.17. The van der Waals surface area contributed by atoms with Gasteiger partial charge in [-0.1, -0.05) is 53.9 Å². The van der Waals surface area contributed by atoms with Crippen LogP contribution in [0, 0.1) is 11.8 Å². The summed E-state index contributed by atoms with van der Waals surface area (Å²) in [6.45, 7) is 0. The van der Waals surface area contributed by atoms with Gasteiger partial charge in [0.1, 0.15) is 18.4 Å². The van der Waals surface area contributed by atoms with Crippen LogP contribution in [0.15, 0.2) is 52.2 Å². The van der Waals surface area contributed by atoms with Crippen LogP contribution in [0.2, 0.25) is 0 Å². The Labute approximate surface area is 164 Å². The molecular weight excluding hydrogens is 384 g/mol. The molecule has 1 aromatic heterocycles. The van der Waals surface area contributed by atoms with E-state index in [2.05, 4.69) is 16.8 Å². The molecule has 1 aliphatic heterocycles. The molecule has 28 heavy (non-hydrogen) atoms. The number of rotatable bonds is 4. The number of nitrogens with one attached hydrogen (secondary N) is 1. The zero-order valence-electron chi connectivity index (χ0n) is 14.6. The second kappa shape index (κ2) is 9.03. The molecule has 0 spiro atoms. The second-order valence-electron chi connectivity index (χ2n) is 6.08. The maximum absolute atomic E-state index is 12.0. The first-order valence-electron chi connectivity index (χ1n) is 8.49. The average molecular weight is 402 g/mol. The van der Waals surface area contributed by atoms with Gasteiger partial charge in [-0.2, -0.15) is 0 Å². The average Bonchev–Trinajstić information content (AvgIpc) is 3.07. The number of aliphatic hydroxyl groups is 2. The number of carbonyl (C=O) groups excluding carboxylic acids is 1. The van der Waals surface area contributed by atoms with Crippen LogP contribution in [0.4, 0.5) is 0 Å². The van der Waals surface area contributed by atoms with Gasteiger partial charge in [-0.3, -0.25) is 19.1 Å². The Morgan fingerprint density at radius 2 is 2.07 bits per heavy atom. The second-order valence-corrected chi connectivity index (χ2v) is 7.03. The van der Waals surface area contributed by atoms with Crippen LogP contribution >= 0.6 is 11.8 Å². The van der Waals surface area contributed by atoms with Crippen LogP contribution < -0.4 is 11.2 Å². The summed E-state index contributed by atoms with van der Waals surface area (Å²) in [5, 5.41) is 20.2. The molecule has 1 fully saturated rings. The molecule has 0 saturated carbocycles. The maximum Gasteiger partial charge on any atom is 0.330 e. The summed E-state index contributed by atoms with van der Waals surface area (Å²) in [4.78, 5) is 37.0. The highest BCUT2D eigenvalue weighted by Crippen LogP contribution is 2.29. The Morgan fingerprint density at radius 3 is 2.79 bits per heavy atom. The number of thioether (sulfide) groups is 1. The van der Waals surface area contributed by atoms with Crippen molar-refractivity contribution in [2.24, 2.45) is 0 Å². The minimum Gasteiger partial charge on any atom is -0.390 e. The fraction of sp³-hybridized carbons (Fsp3) is 0.316. The summed E-state index contributed by atoms with van der Waals surface area (Å²) in [7, 11) is 0. The quantitative estimate of drug-likeness (QED) is 0.621. The number of aromatic nitrogens is 2. The summed E-state index contributed by atoms with van der Waals surface area (Å²) in [5.74, 6) is 5.43. The molecule has 1 saturated heterocycles. The summed E-state index contributed by atoms with van der Waals surface area (Å²) >= 11 is 1.01. The Morgan fingerprint density at radius 1 is 1.32 bits per heavy atom. The standard InChI is InChI=1S/C19H18N2O6S/c22-13(7-4-10-28-18(25)12-5-2-1-3-6-12)17-14(23)11-16(27-17)21-9-8-15(24)20-19(21)26/h1-3,5-6,8-9,13-14,16-17,22-23H,10-11H2,(H,20,24,26)/t13?,14-,16+,17+/m0/s1. The van der Waals surface area contributed by atoms with Gasteiger partial charge in [-0.25, -0.2) is 4.79 Å². The number of ether oxygens (including phenoxy) is 1. The van der Waals surface area contributed by atoms with E-state index in [1.165, 1.54) is 12.3 Å². The van der Waals surface area contributed by atoms with Gasteiger partial charge in [0.25, 0.3) is 5.56 Å². The van der Waals surface area contributed by atoms with Crippen molar-refractivity contribution < 1.29 is 19.7 Å². The van der Waals surface area contributed by atoms with Crippen LogP contribution in [0.1, 0.15) is 23.0 Å². The van der Waals surface area contributed by atoms with Crippen LogP contribution in [-0.4, -0.2) is 48.9 Å². The molecule has 146 valence electrons. The van der Waals surface area contributed by atoms with E-state index in [1.54, 1.807) is 24.3 Å². The summed E-state index contributed by atoms with van der Waals surface area (Å²) in [6, 6.07) is 9.94. The predicted molar refractivity (Wildman–Crippen MR) is 103 cm³/mol. The lowest BCUT2D eigenvalue weighted by Crippen LogP contribution is -2.34. The van der Waals surface area contributed by atoms with Crippen molar-refractivity contribution in [3.63, 3.8) is 0 Å². The SMILES string of the molecule is O=C(SCC#CC(O)[C@H]1O[C@@H](n2ccc(=O)[nH]c2=O)C[C@@H]1O)c1ccccc1. The predicted octanol–water partition coefficient (Wildman–Crippen LogP) is 0.123. The zero-order chi connectivity index (χ0) is 20.1. The molecule has 2 aromatic rings. The molecule has 0 radical (unpaired) electrons. The number of benzene rings is 1. The summed E-state index contributed by atoms with van der Waals surface area (Å²) in [6.07, 6.45) is -2.82. The summed E-state index contributed by atoms with van der Waals surface area (Å²) < 4.78 is 6.69. The van der Waals surface area contributed by atoms with Crippen molar-refractivity contribution in [2.75, 3.05) is 5.75 Å². The van der Waals surface area contributed by atoms with Gasteiger partial charge in [0.15, 0.2) is 0 Å². The molecule has 0 amide bonds. The summed E-state index contributed by atoms with van der Waals surface area (Å²) in [5.41, 5.74) is -0.634. The molecule has 1 aliphatic rings. The number of aliphatic hydroxyl groups excluding tert-OH is 2. The number of hydrogen-bond acceptors (Lipinski definition) is 7. The van der Waals surface area contributed by atoms with E-state index >= 15 is 0 Å². The minimum atomic E-state index is -1.29. The normalized spacial score (nSPS) is 22.3. The lowest BCUT2D eigenvalue weighted by atomic mass is 10.1. The Kier molecular flexibility index (Phi) is 6.49. The molecule has 9 heteroatoms. The molecule has 1 aromatic carbocycles. The van der Waals surface area contributed by atoms with E-state index in [-0.39, 0.29) is 17.3 Å². The molecule has 2 heterocycles. The highest BCUT2D eigenvalue weighted by Gasteiger charge is 2.39. The third-order valence-electron chi connectivity index (χ3n) is 4.14. The zero-order valence-corrected chi connectivity index (χ0v) is 15.5. The molecular formula is C19H18N2O6S. The first kappa shape index (κ1) is 20.1. The lowest BCUT2D eigenvalue weighted by molar-refractivity contribution is -0.0656. The van der Waals surface area contributed by atoms with Crippen molar-refractivity contribution in [2.45, 2.75) is 31.0 Å². The van der Waals surface area contributed by atoms with E-state index in [0.29, 0.717) is 5.56 Å². The molecule has 3 N–H and O–H groups in total. The van der Waals surface area contributed by atoms with Crippen molar-refractivity contribution in [1.82, 2.24) is 9.55 Å². The fourth-order valence-corrected chi connectivity index (χ4v) is 3.36. The third kappa shape index (κ3) is 4.79. The Balaban J connectivity index is 1.57. The van der Waals surface area contributed by atoms with Gasteiger partial charge < -0.3 is 14.9 Å². The number of aromatic amines is 1. The molecule has 0 aliphatic carbocycles. The van der Waals surface area contributed by atoms with Crippen molar-refractivity contribution in [1.29, 1.82) is 0 Å². The third-order valence-corrected chi connectivity index (χ3v) is 4.93. The number of nitrogens with zero attached hydrogens (tertiary/aromatic N) is 1. The molecule has 4 atom stereocenters. The van der Waals surface area contributed by atoms with Gasteiger partial charge in [-0.15, -0.1) is 0 Å². The van der Waals surface area contributed by atoms with Gasteiger partial charge in [0.2, 0.25) is 5.12 Å². The van der Waals surface area contributed by atoms with Crippen LogP contribution in [0.3, 0.4) is 0 Å². The smallest absolute Gasteiger partial charge is 0.330 e. The number of carbonyl (C=O) groups is 1. The fourth-order valence-electron chi connectivity index (χ4n) is 2.77. The molecule has 3 rings (SSSR count). The Bertz CT molecular complexity index is 1010. The first-order chi connectivity index (χ1) is 13.5. The van der Waals surface area contributed by atoms with E-state index in [4.69, 9.17) is 4.74 Å². The monoisotopic (exact) mass is 402 g/mol. The van der Waals surface area contributed by atoms with E-state index in [1.807, 2.05) is 6.07 Å². The maximum atomic E-state index is 12.0. The highest BCUT2D eigenvalue weighted by molar-refractivity contribution is 8.14. The van der Waals surface area contributed by atoms with Gasteiger partial charge >= 0.3 is 5.69 Å². The van der Waals surface area contributed by atoms with Crippen molar-refractivity contribution in [3.8, 4) is 11.8 Å². The van der Waals surface area contributed by atoms with Gasteiger partial charge in [0, 0.05) is 24.2 Å². The molecule has 8 nitrogen and oxygen atoms in total. The van der Waals surface area contributed by atoms with Gasteiger partial charge in [-0.05, 0) is 0 Å². The minimum absolute atomic E-state index is 0.0661. The highest BCUT2D eigenvalue weighted by atomic mass is 32.2. The van der Waals surface area contributed by atoms with E-state index in [0.717, 1.165) is 16.3 Å². The van der Waals surface area contributed by atoms with Gasteiger partial charge in [0.05, 0.1) is 11.9 Å². The van der Waals surface area contributed by atoms with Crippen LogP contribution in [0.25, 0.3) is 0 Å². The van der Waals surface area contributed by atoms with E-state index in [9.17, 15) is 24.6 Å². The molecule has 0 bridgehead atoms. The van der Waals surface area contributed by atoms with Crippen molar-refractivity contribution >= 4 is 16.9 Å². The molecule has 1 unspecified atom stereocenters. The largest absolute Gasteiger partial charge is 0.390 e. The number of H-pyrrole nitrogens is 1.